The number of ether oxygens (including phenoxy) is 4. The van der Waals surface area contributed by atoms with Crippen LogP contribution in [0.15, 0.2) is 514 Å². The second-order valence-corrected chi connectivity index (χ2v) is 49.8. The lowest BCUT2D eigenvalue weighted by Crippen LogP contribution is -2.27. The Morgan fingerprint density at radius 3 is 0.629 bits per heavy atom. The highest BCUT2D eigenvalue weighted by Gasteiger charge is 2.40. The van der Waals surface area contributed by atoms with Crippen LogP contribution >= 0.6 is 28.2 Å². The van der Waals surface area contributed by atoms with Gasteiger partial charge in [-0.15, -0.1) is 0 Å². The number of nitrogens with one attached hydrogen (secondary N) is 4. The summed E-state index contributed by atoms with van der Waals surface area (Å²) >= 11 is 0. The third-order valence-corrected chi connectivity index (χ3v) is 44.5. The van der Waals surface area contributed by atoms with Gasteiger partial charge in [0.2, 0.25) is 17.1 Å². The molecule has 143 heavy (non-hydrogen) atoms. The van der Waals surface area contributed by atoms with E-state index in [0.29, 0.717) is 56.8 Å². The van der Waals surface area contributed by atoms with Crippen molar-refractivity contribution < 1.29 is 31.9 Å². The van der Waals surface area contributed by atoms with Crippen LogP contribution in [0.25, 0.3) is 22.3 Å². The van der Waals surface area contributed by atoms with Gasteiger partial charge in [0.1, 0.15) is 44.1 Å². The van der Waals surface area contributed by atoms with Gasteiger partial charge in [-0.2, -0.15) is 0 Å². The molecular weight excluding hydrogens is 1830 g/mol. The number of nitrogens with zero attached hydrogens (tertiary/aromatic N) is 4. The number of aromatic nitrogens is 4. The van der Waals surface area contributed by atoms with E-state index in [4.69, 9.17) is 23.7 Å². The molecule has 0 radical (unpaired) electrons. The minimum atomic E-state index is -2.60. The standard InChI is InChI=1S/C127H113N8O4P4/c1-133(97-50-18-5-19-51-97)141(102-60-28-10-29-61-102,103-62-30-11-31-63-103)93-89-137-121-77-45-41-73-109(121)125-114-82-80-112(128-114)124(108-72-40-44-76-120(108)136-88-92-140(100-56-24-8-25-57-100,101-58-26-9-27-59-101)132-96-48-16-4-17-49-96)113-81-83-115(129-113)126(110-74-42-46-78-122(110)138-90-94-142(104-64-32-12-33-65-104,105-66-34-13-35-67-105)134(2)98-52-20-6-21-53-98)117-85-87-119(131-117)127(118-86-84-116(125)130-118)111-75-43-47-79-123(111)139-91-95-143(106-68-36-14-37-69-106,107-70-38-15-39-71-107)135(3)99-54-22-7-23-55-99/h4-87,128-131H,88-95H2,1-3H3/q+3. The molecule has 0 atom stereocenters. The molecule has 4 aromatic heterocycles. The molecule has 16 heteroatoms. The largest absolute Gasteiger partial charge is 0.492 e. The minimum Gasteiger partial charge on any atom is -0.492 e. The molecule has 0 saturated carbocycles. The lowest BCUT2D eigenvalue weighted by atomic mass is 10.0. The third-order valence-electron chi connectivity index (χ3n) is 27.6. The molecule has 20 aromatic rings. The summed E-state index contributed by atoms with van der Waals surface area (Å²) in [5, 5.41) is 13.3. The van der Waals surface area contributed by atoms with Gasteiger partial charge in [0, 0.05) is 170 Å². The summed E-state index contributed by atoms with van der Waals surface area (Å²) in [6.07, 6.45) is 2.68. The number of para-hydroxylation sites is 7. The second kappa shape index (κ2) is 43.1. The Morgan fingerprint density at radius 1 is 0.196 bits per heavy atom. The molecule has 0 amide bonds. The highest BCUT2D eigenvalue weighted by Crippen LogP contribution is 2.54. The summed E-state index contributed by atoms with van der Waals surface area (Å²) in [4.78, 5) is 16.9. The van der Waals surface area contributed by atoms with Gasteiger partial charge in [-0.3, -0.25) is 4.74 Å². The van der Waals surface area contributed by atoms with Crippen LogP contribution in [0.2, 0.25) is 0 Å². The summed E-state index contributed by atoms with van der Waals surface area (Å²) in [5.41, 5.74) is 14.8. The second-order valence-electron chi connectivity index (χ2n) is 35.7. The fraction of sp³-hybridized carbons (Fsp3) is 0.0866. The van der Waals surface area contributed by atoms with Gasteiger partial charge in [-0.05, 0) is 168 Å². The summed E-state index contributed by atoms with van der Waals surface area (Å²) in [6, 6.07) is 183. The minimum absolute atomic E-state index is 0.342. The zero-order valence-corrected chi connectivity index (χ0v) is 83.9. The molecule has 16 aromatic carbocycles. The first kappa shape index (κ1) is 93.5. The Bertz CT molecular complexity index is 7970. The van der Waals surface area contributed by atoms with Crippen molar-refractivity contribution in [1.82, 2.24) is 19.9 Å². The average molecular weight is 1940 g/mol. The van der Waals surface area contributed by atoms with Crippen LogP contribution in [0.1, 0.15) is 45.0 Å². The van der Waals surface area contributed by atoms with Crippen molar-refractivity contribution in [3.63, 3.8) is 0 Å². The SMILES string of the molecule is C[N+](c1ccccc1)=P(CCOc1ccccc1C1=c2ccc([nH]2)=C(c2ccccc2OCCP(=Nc2ccccc2)(c2ccccc2)c2ccccc2)c2ccc([nH]2)C(c2ccccc2OCCP(c2ccccc2)(c2ccccc2)=[N+](C)c2ccccc2)=c2ccc([nH]2)=C(c2ccccc2OCCP(c2ccccc2)(c2ccccc2)=[N+](C)c2ccccc2)c2ccc1[nH]2)(c1ccccc1)c1ccccc1. The molecule has 12 nitrogen and oxygen atoms in total. The van der Waals surface area contributed by atoms with Crippen LogP contribution in [0, 0.1) is 0 Å². The van der Waals surface area contributed by atoms with Crippen molar-refractivity contribution in [3.8, 4) is 23.0 Å². The Kier molecular flexibility index (Phi) is 28.2. The lowest BCUT2D eigenvalue weighted by molar-refractivity contribution is -0.382. The Hall–Kier alpha value is -15.8. The molecule has 4 N–H and O–H groups in total. The van der Waals surface area contributed by atoms with Crippen molar-refractivity contribution in [2.24, 2.45) is 4.74 Å². The van der Waals surface area contributed by atoms with Crippen LogP contribution < -0.4 is 82.8 Å². The molecule has 1 aliphatic rings. The van der Waals surface area contributed by atoms with E-state index in [9.17, 15) is 0 Å². The summed E-state index contributed by atoms with van der Waals surface area (Å²) in [6.45, 7) is 1.49. The van der Waals surface area contributed by atoms with Gasteiger partial charge < -0.3 is 38.9 Å². The van der Waals surface area contributed by atoms with E-state index < -0.39 is 28.2 Å². The third kappa shape index (κ3) is 19.1. The average Bonchev–Trinajstić information content (AvgIpc) is 1.56. The molecule has 0 saturated heterocycles. The first-order chi connectivity index (χ1) is 70.6. The zero-order valence-electron chi connectivity index (χ0n) is 80.4. The number of rotatable bonds is 32. The summed E-state index contributed by atoms with van der Waals surface area (Å²) < 4.78 is 43.8. The van der Waals surface area contributed by atoms with E-state index in [1.54, 1.807) is 0 Å². The van der Waals surface area contributed by atoms with Gasteiger partial charge in [0.05, 0.1) is 50.6 Å². The predicted octanol–water partition coefficient (Wildman–Crippen LogP) is 23.5. The van der Waals surface area contributed by atoms with Crippen LogP contribution in [0.5, 0.6) is 23.0 Å². The smallest absolute Gasteiger partial charge is 0.200 e. The van der Waals surface area contributed by atoms with Crippen molar-refractivity contribution in [1.29, 1.82) is 0 Å². The maximum absolute atomic E-state index is 7.61. The zero-order chi connectivity index (χ0) is 96.6. The molecule has 702 valence electrons. The van der Waals surface area contributed by atoms with Gasteiger partial charge in [-0.25, -0.2) is 13.0 Å². The van der Waals surface area contributed by atoms with Crippen LogP contribution in [-0.2, 0) is 0 Å². The summed E-state index contributed by atoms with van der Waals surface area (Å²) in [5.74, 6) is 2.90. The van der Waals surface area contributed by atoms with Gasteiger partial charge in [-0.1, -0.05) is 315 Å². The molecule has 0 fully saturated rings. The maximum Gasteiger partial charge on any atom is 0.200 e. The van der Waals surface area contributed by atoms with Crippen molar-refractivity contribution in [2.75, 3.05) is 72.2 Å². The topological polar surface area (TPSA) is 121 Å². The fourth-order valence-corrected chi connectivity index (χ4v) is 36.2. The number of H-pyrrole nitrogens is 4. The van der Waals surface area contributed by atoms with E-state index in [0.717, 1.165) is 129 Å². The van der Waals surface area contributed by atoms with E-state index in [1.807, 2.05) is 0 Å². The first-order valence-electron chi connectivity index (χ1n) is 48.9. The van der Waals surface area contributed by atoms with Crippen LogP contribution in [0.3, 0.4) is 0 Å². The Balaban J connectivity index is 0.774. The summed E-state index contributed by atoms with van der Waals surface area (Å²) in [7, 11) is -3.24. The first-order valence-corrected chi connectivity index (χ1v) is 56.6. The molecule has 5 heterocycles. The molecule has 0 spiro atoms. The maximum atomic E-state index is 7.61. The monoisotopic (exact) mass is 1940 g/mol. The van der Waals surface area contributed by atoms with Crippen LogP contribution in [0.4, 0.5) is 22.7 Å². The number of hydrogen-bond acceptors (Lipinski definition) is 5. The molecule has 1 aliphatic heterocycles. The van der Waals surface area contributed by atoms with E-state index in [1.165, 1.54) is 42.4 Å². The van der Waals surface area contributed by atoms with Gasteiger partial charge >= 0.3 is 0 Å². The van der Waals surface area contributed by atoms with Crippen molar-refractivity contribution >= 4 is 116 Å². The van der Waals surface area contributed by atoms with E-state index >= 15 is 0 Å². The lowest BCUT2D eigenvalue weighted by Gasteiger charge is -2.27. The highest BCUT2D eigenvalue weighted by atomic mass is 31.2. The molecule has 8 bridgehead atoms. The molecule has 0 unspecified atom stereocenters. The number of fused-ring (bicyclic) bond motifs is 8. The number of aromatic amines is 4. The van der Waals surface area contributed by atoms with Crippen molar-refractivity contribution in [2.45, 2.75) is 0 Å². The molecule has 0 aliphatic carbocycles. The van der Waals surface area contributed by atoms with E-state index in [2.05, 4.69) is 564 Å². The van der Waals surface area contributed by atoms with Crippen molar-refractivity contribution in [3.05, 3.63) is 576 Å². The molecule has 21 rings (SSSR count). The predicted molar refractivity (Wildman–Crippen MR) is 597 cm³/mol. The number of hydrogen-bond donors (Lipinski definition) is 4. The van der Waals surface area contributed by atoms with E-state index in [-0.39, 0.29) is 0 Å². The number of benzene rings is 16. The molecular formula is C127H113N8O4P4+3. The van der Waals surface area contributed by atoms with Gasteiger partial charge in [0.15, 0.2) is 21.2 Å². The fourth-order valence-electron chi connectivity index (χ4n) is 20.7. The normalized spacial score (nSPS) is 12.2. The van der Waals surface area contributed by atoms with Crippen LogP contribution in [-0.4, -0.2) is 105 Å². The Morgan fingerprint density at radius 2 is 0.392 bits per heavy atom. The highest BCUT2D eigenvalue weighted by molar-refractivity contribution is 7.81. The van der Waals surface area contributed by atoms with Gasteiger partial charge in [0.25, 0.3) is 0 Å². The Labute approximate surface area is 837 Å². The quantitative estimate of drug-likeness (QED) is 0.0314.